The molecule has 102 valence electrons. The molecular weight excluding hydrogens is 256 g/mol. The maximum Gasteiger partial charge on any atom is 0.0961 e. The van der Waals surface area contributed by atoms with Crippen LogP contribution in [0.3, 0.4) is 0 Å². The molecule has 2 rings (SSSR count). The van der Waals surface area contributed by atoms with Crippen molar-refractivity contribution in [1.29, 1.82) is 0 Å². The third-order valence-corrected chi connectivity index (χ3v) is 4.05. The number of hydrogen-bond acceptors (Lipinski definition) is 4. The Morgan fingerprint density at radius 2 is 2.05 bits per heavy atom. The van der Waals surface area contributed by atoms with Gasteiger partial charge in [-0.3, -0.25) is 0 Å². The minimum Gasteiger partial charge on any atom is -0.388 e. The quantitative estimate of drug-likeness (QED) is 0.853. The lowest BCUT2D eigenvalue weighted by Gasteiger charge is -2.24. The second-order valence-corrected chi connectivity index (χ2v) is 5.79. The van der Waals surface area contributed by atoms with Gasteiger partial charge in [0.25, 0.3) is 0 Å². The molecule has 3 nitrogen and oxygen atoms in total. The summed E-state index contributed by atoms with van der Waals surface area (Å²) >= 11 is 1.59. The summed E-state index contributed by atoms with van der Waals surface area (Å²) in [6.07, 6.45) is 2.17. The molecule has 0 aliphatic carbocycles. The van der Waals surface area contributed by atoms with Crippen molar-refractivity contribution in [2.75, 3.05) is 6.54 Å². The van der Waals surface area contributed by atoms with E-state index in [1.54, 1.807) is 11.3 Å². The molecule has 1 heterocycles. The molecule has 1 aromatic heterocycles. The topological polar surface area (TPSA) is 59.1 Å². The molecule has 0 radical (unpaired) electrons. The number of aliphatic hydroxyl groups is 1. The van der Waals surface area contributed by atoms with E-state index in [1.807, 2.05) is 35.7 Å². The van der Waals surface area contributed by atoms with Crippen LogP contribution < -0.4 is 5.73 Å². The Labute approximate surface area is 118 Å². The van der Waals surface area contributed by atoms with Gasteiger partial charge in [-0.05, 0) is 6.42 Å². The summed E-state index contributed by atoms with van der Waals surface area (Å²) in [6.45, 7) is 2.33. The van der Waals surface area contributed by atoms with Crippen LogP contribution >= 0.6 is 11.3 Å². The van der Waals surface area contributed by atoms with Crippen LogP contribution in [0.4, 0.5) is 0 Å². The van der Waals surface area contributed by atoms with Gasteiger partial charge in [-0.1, -0.05) is 43.7 Å². The van der Waals surface area contributed by atoms with Crippen molar-refractivity contribution in [2.45, 2.75) is 31.8 Å². The molecule has 0 aliphatic heterocycles. The first-order valence-corrected chi connectivity index (χ1v) is 7.47. The van der Waals surface area contributed by atoms with E-state index < -0.39 is 5.60 Å². The van der Waals surface area contributed by atoms with Crippen molar-refractivity contribution < 1.29 is 5.11 Å². The minimum atomic E-state index is -0.819. The Morgan fingerprint density at radius 1 is 1.32 bits per heavy atom. The maximum absolute atomic E-state index is 10.4. The molecule has 0 aliphatic rings. The molecule has 1 atom stereocenters. The lowest BCUT2D eigenvalue weighted by atomic mass is 9.95. The van der Waals surface area contributed by atoms with E-state index in [9.17, 15) is 5.11 Å². The van der Waals surface area contributed by atoms with Crippen LogP contribution in [0.25, 0.3) is 11.3 Å². The first-order valence-electron chi connectivity index (χ1n) is 6.59. The minimum absolute atomic E-state index is 0.279. The highest BCUT2D eigenvalue weighted by molar-refractivity contribution is 7.09. The van der Waals surface area contributed by atoms with Crippen LogP contribution in [0.2, 0.25) is 0 Å². The average Bonchev–Trinajstić information content (AvgIpc) is 2.88. The fourth-order valence-corrected chi connectivity index (χ4v) is 3.08. The molecular formula is C15H20N2OS. The SMILES string of the molecule is CCCC(O)(CN)Cc1nc(-c2ccccc2)cs1. The van der Waals surface area contributed by atoms with Crippen molar-refractivity contribution in [3.05, 3.63) is 40.7 Å². The van der Waals surface area contributed by atoms with Crippen LogP contribution in [-0.4, -0.2) is 22.2 Å². The summed E-state index contributed by atoms with van der Waals surface area (Å²) in [6, 6.07) is 10.1. The third kappa shape index (κ3) is 3.62. The second kappa shape index (κ2) is 6.28. The van der Waals surface area contributed by atoms with E-state index >= 15 is 0 Å². The summed E-state index contributed by atoms with van der Waals surface area (Å²) in [7, 11) is 0. The van der Waals surface area contributed by atoms with Gasteiger partial charge in [0.2, 0.25) is 0 Å². The Morgan fingerprint density at radius 3 is 2.68 bits per heavy atom. The average molecular weight is 276 g/mol. The monoisotopic (exact) mass is 276 g/mol. The van der Waals surface area contributed by atoms with E-state index in [0.29, 0.717) is 12.8 Å². The van der Waals surface area contributed by atoms with E-state index in [2.05, 4.69) is 11.9 Å². The zero-order chi connectivity index (χ0) is 13.7. The van der Waals surface area contributed by atoms with E-state index in [0.717, 1.165) is 22.7 Å². The number of nitrogens with zero attached hydrogens (tertiary/aromatic N) is 1. The predicted molar refractivity (Wildman–Crippen MR) is 80.2 cm³/mol. The molecule has 0 saturated heterocycles. The van der Waals surface area contributed by atoms with Gasteiger partial charge in [0.1, 0.15) is 0 Å². The maximum atomic E-state index is 10.4. The zero-order valence-electron chi connectivity index (χ0n) is 11.2. The molecule has 3 N–H and O–H groups in total. The van der Waals surface area contributed by atoms with Crippen molar-refractivity contribution in [3.63, 3.8) is 0 Å². The smallest absolute Gasteiger partial charge is 0.0961 e. The van der Waals surface area contributed by atoms with Gasteiger partial charge >= 0.3 is 0 Å². The highest BCUT2D eigenvalue weighted by atomic mass is 32.1. The first kappa shape index (κ1) is 14.2. The van der Waals surface area contributed by atoms with Crippen LogP contribution in [0, 0.1) is 0 Å². The molecule has 0 saturated carbocycles. The molecule has 19 heavy (non-hydrogen) atoms. The molecule has 0 amide bonds. The molecule has 1 unspecified atom stereocenters. The van der Waals surface area contributed by atoms with Gasteiger partial charge in [0.15, 0.2) is 0 Å². The number of hydrogen-bond donors (Lipinski definition) is 2. The summed E-state index contributed by atoms with van der Waals surface area (Å²) in [5.41, 5.74) is 6.94. The second-order valence-electron chi connectivity index (χ2n) is 4.85. The predicted octanol–water partition coefficient (Wildman–Crippen LogP) is 2.84. The fourth-order valence-electron chi connectivity index (χ4n) is 2.14. The van der Waals surface area contributed by atoms with E-state index in [4.69, 9.17) is 5.73 Å². The van der Waals surface area contributed by atoms with Crippen LogP contribution in [0.5, 0.6) is 0 Å². The first-order chi connectivity index (χ1) is 9.17. The number of benzene rings is 1. The van der Waals surface area contributed by atoms with Gasteiger partial charge in [-0.25, -0.2) is 4.98 Å². The number of rotatable bonds is 6. The normalized spacial score (nSPS) is 14.3. The summed E-state index contributed by atoms with van der Waals surface area (Å²) in [5.74, 6) is 0. The van der Waals surface area contributed by atoms with Gasteiger partial charge in [-0.2, -0.15) is 0 Å². The van der Waals surface area contributed by atoms with Crippen molar-refractivity contribution in [3.8, 4) is 11.3 Å². The van der Waals surface area contributed by atoms with Crippen LogP contribution in [-0.2, 0) is 6.42 Å². The Kier molecular flexibility index (Phi) is 4.69. The molecule has 2 aromatic rings. The van der Waals surface area contributed by atoms with Crippen molar-refractivity contribution in [1.82, 2.24) is 4.98 Å². The van der Waals surface area contributed by atoms with Gasteiger partial charge in [0, 0.05) is 23.9 Å². The molecule has 1 aromatic carbocycles. The largest absolute Gasteiger partial charge is 0.388 e. The Bertz CT molecular complexity index is 512. The Balaban J connectivity index is 2.13. The van der Waals surface area contributed by atoms with Crippen molar-refractivity contribution in [2.24, 2.45) is 5.73 Å². The molecule has 0 spiro atoms. The number of thiazole rings is 1. The highest BCUT2D eigenvalue weighted by Crippen LogP contribution is 2.25. The summed E-state index contributed by atoms with van der Waals surface area (Å²) in [5, 5.41) is 13.4. The fraction of sp³-hybridized carbons (Fsp3) is 0.400. The molecule has 4 heteroatoms. The zero-order valence-corrected chi connectivity index (χ0v) is 12.0. The molecule has 0 fully saturated rings. The standard InChI is InChI=1S/C15H20N2OS/c1-2-8-15(18,11-16)9-14-17-13(10-19-14)12-6-4-3-5-7-12/h3-7,10,18H,2,8-9,11,16H2,1H3. The summed E-state index contributed by atoms with van der Waals surface area (Å²) in [4.78, 5) is 4.60. The number of nitrogens with two attached hydrogens (primary N) is 1. The van der Waals surface area contributed by atoms with Crippen LogP contribution in [0.1, 0.15) is 24.8 Å². The lowest BCUT2D eigenvalue weighted by molar-refractivity contribution is 0.0398. The van der Waals surface area contributed by atoms with Crippen molar-refractivity contribution >= 4 is 11.3 Å². The Hall–Kier alpha value is -1.23. The highest BCUT2D eigenvalue weighted by Gasteiger charge is 2.26. The summed E-state index contributed by atoms with van der Waals surface area (Å²) < 4.78 is 0. The number of aromatic nitrogens is 1. The van der Waals surface area contributed by atoms with Gasteiger partial charge < -0.3 is 10.8 Å². The lowest BCUT2D eigenvalue weighted by Crippen LogP contribution is -2.39. The van der Waals surface area contributed by atoms with Gasteiger partial charge in [0.05, 0.1) is 16.3 Å². The van der Waals surface area contributed by atoms with E-state index in [-0.39, 0.29) is 6.54 Å². The third-order valence-electron chi connectivity index (χ3n) is 3.20. The van der Waals surface area contributed by atoms with E-state index in [1.165, 1.54) is 0 Å². The van der Waals surface area contributed by atoms with Gasteiger partial charge in [-0.15, -0.1) is 11.3 Å². The molecule has 0 bridgehead atoms. The van der Waals surface area contributed by atoms with Crippen LogP contribution in [0.15, 0.2) is 35.7 Å².